The van der Waals surface area contributed by atoms with Crippen LogP contribution in [0.1, 0.15) is 34.4 Å². The van der Waals surface area contributed by atoms with Crippen LogP contribution in [0.5, 0.6) is 0 Å². The number of anilines is 1. The van der Waals surface area contributed by atoms with E-state index >= 15 is 0 Å². The highest BCUT2D eigenvalue weighted by molar-refractivity contribution is 7.99. The Balaban J connectivity index is 1.93. The molecule has 0 aliphatic rings. The van der Waals surface area contributed by atoms with Crippen LogP contribution in [0.15, 0.2) is 29.3 Å². The number of amides is 1. The molecule has 0 saturated heterocycles. The van der Waals surface area contributed by atoms with E-state index in [9.17, 15) is 10.1 Å². The highest BCUT2D eigenvalue weighted by Gasteiger charge is 2.10. The van der Waals surface area contributed by atoms with Crippen LogP contribution >= 0.6 is 11.8 Å². The lowest BCUT2D eigenvalue weighted by Crippen LogP contribution is -2.12. The highest BCUT2D eigenvalue weighted by atomic mass is 32.2. The molecule has 0 atom stereocenters. The number of nitrogens with one attached hydrogen (secondary N) is 1. The van der Waals surface area contributed by atoms with Crippen LogP contribution in [0.2, 0.25) is 0 Å². The first-order valence-electron chi connectivity index (χ1n) is 7.79. The van der Waals surface area contributed by atoms with E-state index in [4.69, 9.17) is 0 Å². The summed E-state index contributed by atoms with van der Waals surface area (Å²) in [5.74, 6) is 0.551. The van der Waals surface area contributed by atoms with Gasteiger partial charge in [0.2, 0.25) is 5.91 Å². The van der Waals surface area contributed by atoms with Gasteiger partial charge >= 0.3 is 0 Å². The molecule has 0 spiro atoms. The van der Waals surface area contributed by atoms with Crippen LogP contribution in [0.4, 0.5) is 5.69 Å². The van der Waals surface area contributed by atoms with Crippen LogP contribution in [0.25, 0.3) is 0 Å². The number of benzene rings is 1. The Kier molecular flexibility index (Phi) is 5.99. The predicted molar refractivity (Wildman–Crippen MR) is 98.3 cm³/mol. The SMILES string of the molecule is Cc1cc(C)c(C#N)c(SCCC(=O)Nc2ccc(C)c(C)c2)n1. The Morgan fingerprint density at radius 3 is 2.58 bits per heavy atom. The van der Waals surface area contributed by atoms with Gasteiger partial charge in [-0.3, -0.25) is 4.79 Å². The van der Waals surface area contributed by atoms with Gasteiger partial charge in [0.15, 0.2) is 0 Å². The molecule has 24 heavy (non-hydrogen) atoms. The van der Waals surface area contributed by atoms with E-state index in [2.05, 4.69) is 16.4 Å². The van der Waals surface area contributed by atoms with Crippen molar-refractivity contribution in [2.45, 2.75) is 39.1 Å². The quantitative estimate of drug-likeness (QED) is 0.825. The van der Waals surface area contributed by atoms with Gasteiger partial charge in [0, 0.05) is 23.6 Å². The van der Waals surface area contributed by atoms with Gasteiger partial charge in [-0.2, -0.15) is 5.26 Å². The van der Waals surface area contributed by atoms with E-state index in [1.807, 2.05) is 52.0 Å². The number of nitriles is 1. The Morgan fingerprint density at radius 1 is 1.17 bits per heavy atom. The molecule has 4 nitrogen and oxygen atoms in total. The van der Waals surface area contributed by atoms with E-state index in [1.165, 1.54) is 17.3 Å². The maximum atomic E-state index is 12.1. The summed E-state index contributed by atoms with van der Waals surface area (Å²) in [5.41, 5.74) is 5.57. The third-order valence-electron chi connectivity index (χ3n) is 3.78. The second-order valence-electron chi connectivity index (χ2n) is 5.82. The number of hydrogen-bond donors (Lipinski definition) is 1. The summed E-state index contributed by atoms with van der Waals surface area (Å²) in [4.78, 5) is 16.5. The standard InChI is InChI=1S/C19H21N3OS/c1-12-5-6-16(10-13(12)2)22-18(23)7-8-24-19-17(11-20)14(3)9-15(4)21-19/h5-6,9-10H,7-8H2,1-4H3,(H,22,23). The van der Waals surface area contributed by atoms with Gasteiger partial charge in [0.05, 0.1) is 5.56 Å². The Morgan fingerprint density at radius 2 is 1.92 bits per heavy atom. The summed E-state index contributed by atoms with van der Waals surface area (Å²) in [5, 5.41) is 12.9. The molecule has 0 saturated carbocycles. The van der Waals surface area contributed by atoms with Gasteiger partial charge in [-0.15, -0.1) is 11.8 Å². The molecule has 0 aliphatic heterocycles. The number of carbonyl (C=O) groups is 1. The van der Waals surface area contributed by atoms with Crippen molar-refractivity contribution in [1.29, 1.82) is 5.26 Å². The van der Waals surface area contributed by atoms with Crippen molar-refractivity contribution in [3.63, 3.8) is 0 Å². The smallest absolute Gasteiger partial charge is 0.225 e. The molecule has 1 aromatic heterocycles. The summed E-state index contributed by atoms with van der Waals surface area (Å²) in [6.45, 7) is 7.88. The van der Waals surface area contributed by atoms with Crippen molar-refractivity contribution in [1.82, 2.24) is 4.98 Å². The van der Waals surface area contributed by atoms with Gasteiger partial charge in [-0.05, 0) is 62.6 Å². The number of aromatic nitrogens is 1. The largest absolute Gasteiger partial charge is 0.326 e. The number of hydrogen-bond acceptors (Lipinski definition) is 4. The fraction of sp³-hybridized carbons (Fsp3) is 0.316. The minimum atomic E-state index is -0.0337. The second-order valence-corrected chi connectivity index (χ2v) is 6.90. The summed E-state index contributed by atoms with van der Waals surface area (Å²) in [6.07, 6.45) is 0.372. The fourth-order valence-electron chi connectivity index (χ4n) is 2.33. The van der Waals surface area contributed by atoms with Crippen LogP contribution in [-0.2, 0) is 4.79 Å². The lowest BCUT2D eigenvalue weighted by atomic mass is 10.1. The van der Waals surface area contributed by atoms with Crippen LogP contribution in [-0.4, -0.2) is 16.6 Å². The van der Waals surface area contributed by atoms with Gasteiger partial charge in [0.1, 0.15) is 11.1 Å². The van der Waals surface area contributed by atoms with Crippen molar-refractivity contribution in [2.24, 2.45) is 0 Å². The average Bonchev–Trinajstić information content (AvgIpc) is 2.50. The molecule has 124 valence electrons. The molecule has 1 heterocycles. The van der Waals surface area contributed by atoms with Gasteiger partial charge in [0.25, 0.3) is 0 Å². The molecule has 1 N–H and O–H groups in total. The highest BCUT2D eigenvalue weighted by Crippen LogP contribution is 2.24. The number of pyridine rings is 1. The van der Waals surface area contributed by atoms with E-state index in [0.29, 0.717) is 22.8 Å². The minimum Gasteiger partial charge on any atom is -0.326 e. The maximum Gasteiger partial charge on any atom is 0.225 e. The molecule has 5 heteroatoms. The van der Waals surface area contributed by atoms with Crippen molar-refractivity contribution < 1.29 is 4.79 Å². The summed E-state index contributed by atoms with van der Waals surface area (Å²) < 4.78 is 0. The Labute approximate surface area is 147 Å². The van der Waals surface area contributed by atoms with Gasteiger partial charge in [-0.25, -0.2) is 4.98 Å². The molecule has 2 rings (SSSR count). The Hall–Kier alpha value is -2.32. The van der Waals surface area contributed by atoms with Crippen LogP contribution < -0.4 is 5.32 Å². The fourth-order valence-corrected chi connectivity index (χ4v) is 3.37. The van der Waals surface area contributed by atoms with Crippen molar-refractivity contribution in [3.05, 3.63) is 52.2 Å². The molecule has 2 aromatic rings. The van der Waals surface area contributed by atoms with Crippen molar-refractivity contribution in [2.75, 3.05) is 11.1 Å². The molecule has 0 fully saturated rings. The topological polar surface area (TPSA) is 65.8 Å². The molecule has 0 aliphatic carbocycles. The molecule has 0 radical (unpaired) electrons. The first-order chi connectivity index (χ1) is 11.4. The normalized spacial score (nSPS) is 10.3. The summed E-state index contributed by atoms with van der Waals surface area (Å²) in [7, 11) is 0. The van der Waals surface area contributed by atoms with E-state index < -0.39 is 0 Å². The van der Waals surface area contributed by atoms with Gasteiger partial charge in [-0.1, -0.05) is 6.07 Å². The van der Waals surface area contributed by atoms with E-state index in [0.717, 1.165) is 22.5 Å². The molecule has 1 amide bonds. The number of rotatable bonds is 5. The van der Waals surface area contributed by atoms with Gasteiger partial charge < -0.3 is 5.32 Å². The molecular formula is C19H21N3OS. The summed E-state index contributed by atoms with van der Waals surface area (Å²) in [6, 6.07) is 9.97. The zero-order valence-corrected chi connectivity index (χ0v) is 15.3. The first-order valence-corrected chi connectivity index (χ1v) is 8.77. The van der Waals surface area contributed by atoms with E-state index in [1.54, 1.807) is 0 Å². The zero-order chi connectivity index (χ0) is 17.7. The third-order valence-corrected chi connectivity index (χ3v) is 4.76. The molecule has 0 bridgehead atoms. The van der Waals surface area contributed by atoms with E-state index in [-0.39, 0.29) is 5.91 Å². The average molecular weight is 339 g/mol. The minimum absolute atomic E-state index is 0.0337. The molecule has 1 aromatic carbocycles. The first kappa shape index (κ1) is 18.0. The molecule has 0 unspecified atom stereocenters. The monoisotopic (exact) mass is 339 g/mol. The predicted octanol–water partition coefficient (Wildman–Crippen LogP) is 4.31. The number of aryl methyl sites for hydroxylation is 4. The lowest BCUT2D eigenvalue weighted by Gasteiger charge is -2.09. The second kappa shape index (κ2) is 7.98. The Bertz CT molecular complexity index is 809. The zero-order valence-electron chi connectivity index (χ0n) is 14.4. The number of nitrogens with zero attached hydrogens (tertiary/aromatic N) is 2. The number of thioether (sulfide) groups is 1. The van der Waals surface area contributed by atoms with Crippen LogP contribution in [0, 0.1) is 39.0 Å². The third kappa shape index (κ3) is 4.59. The summed E-state index contributed by atoms with van der Waals surface area (Å²) >= 11 is 1.45. The molecular weight excluding hydrogens is 318 g/mol. The van der Waals surface area contributed by atoms with Crippen molar-refractivity contribution in [3.8, 4) is 6.07 Å². The van der Waals surface area contributed by atoms with Crippen molar-refractivity contribution >= 4 is 23.4 Å². The maximum absolute atomic E-state index is 12.1. The van der Waals surface area contributed by atoms with Crippen LogP contribution in [0.3, 0.4) is 0 Å². The number of carbonyl (C=O) groups excluding carboxylic acids is 1. The lowest BCUT2D eigenvalue weighted by molar-refractivity contribution is -0.115.